The molecular formula is C19H28IN3O2S. The summed E-state index contributed by atoms with van der Waals surface area (Å²) in [6.07, 6.45) is 4.65. The number of hydrogen-bond acceptors (Lipinski definition) is 4. The lowest BCUT2D eigenvalue weighted by Gasteiger charge is -2.11. The molecule has 26 heavy (non-hydrogen) atoms. The Bertz CT molecular complexity index is 618. The van der Waals surface area contributed by atoms with Crippen LogP contribution in [-0.2, 0) is 17.9 Å². The maximum Gasteiger partial charge on any atom is 0.191 e. The first-order valence-electron chi connectivity index (χ1n) is 8.57. The highest BCUT2D eigenvalue weighted by Gasteiger charge is 1.99. The number of benzene rings is 1. The Morgan fingerprint density at radius 3 is 2.65 bits per heavy atom. The van der Waals surface area contributed by atoms with Crippen molar-refractivity contribution >= 4 is 41.7 Å². The van der Waals surface area contributed by atoms with Crippen molar-refractivity contribution in [1.29, 1.82) is 0 Å². The Morgan fingerprint density at radius 1 is 1.19 bits per heavy atom. The molecule has 0 amide bonds. The van der Waals surface area contributed by atoms with Crippen LogP contribution in [0, 0.1) is 0 Å². The Labute approximate surface area is 177 Å². The number of thioether (sulfide) groups is 1. The molecule has 0 unspecified atom stereocenters. The van der Waals surface area contributed by atoms with Gasteiger partial charge in [0.25, 0.3) is 0 Å². The van der Waals surface area contributed by atoms with Crippen LogP contribution < -0.4 is 10.6 Å². The fourth-order valence-electron chi connectivity index (χ4n) is 2.19. The molecule has 0 spiro atoms. The number of halogens is 1. The Morgan fingerprint density at radius 2 is 2.00 bits per heavy atom. The molecule has 0 saturated carbocycles. The van der Waals surface area contributed by atoms with E-state index in [2.05, 4.69) is 53.1 Å². The molecular weight excluding hydrogens is 461 g/mol. The van der Waals surface area contributed by atoms with Gasteiger partial charge >= 0.3 is 0 Å². The Hall–Kier alpha value is -1.19. The molecule has 0 fully saturated rings. The highest BCUT2D eigenvalue weighted by atomic mass is 127. The first-order valence-corrected chi connectivity index (χ1v) is 9.79. The molecule has 2 rings (SSSR count). The second-order valence-electron chi connectivity index (χ2n) is 5.46. The van der Waals surface area contributed by atoms with E-state index in [0.717, 1.165) is 31.2 Å². The predicted molar refractivity (Wildman–Crippen MR) is 119 cm³/mol. The lowest BCUT2D eigenvalue weighted by molar-refractivity contribution is 0.105. The van der Waals surface area contributed by atoms with Crippen LogP contribution in [-0.4, -0.2) is 31.9 Å². The van der Waals surface area contributed by atoms with Gasteiger partial charge in [-0.05, 0) is 49.4 Å². The van der Waals surface area contributed by atoms with E-state index >= 15 is 0 Å². The van der Waals surface area contributed by atoms with Crippen molar-refractivity contribution in [2.75, 3.05) is 26.0 Å². The van der Waals surface area contributed by atoms with Gasteiger partial charge in [0.1, 0.15) is 12.4 Å². The molecule has 5 nitrogen and oxygen atoms in total. The second kappa shape index (κ2) is 13.9. The minimum Gasteiger partial charge on any atom is -0.467 e. The third-order valence-corrected chi connectivity index (χ3v) is 4.25. The van der Waals surface area contributed by atoms with Gasteiger partial charge in [0.15, 0.2) is 5.96 Å². The van der Waals surface area contributed by atoms with Gasteiger partial charge in [-0.2, -0.15) is 0 Å². The molecule has 0 radical (unpaired) electrons. The third-order valence-electron chi connectivity index (χ3n) is 3.51. The number of ether oxygens (including phenoxy) is 1. The van der Waals surface area contributed by atoms with E-state index in [1.54, 1.807) is 18.0 Å². The summed E-state index contributed by atoms with van der Waals surface area (Å²) in [5.74, 6) is 1.69. The largest absolute Gasteiger partial charge is 0.467 e. The first-order chi connectivity index (χ1) is 12.3. The van der Waals surface area contributed by atoms with E-state index in [1.807, 2.05) is 12.1 Å². The van der Waals surface area contributed by atoms with Gasteiger partial charge < -0.3 is 19.8 Å². The van der Waals surface area contributed by atoms with Crippen LogP contribution in [0.4, 0.5) is 0 Å². The molecule has 7 heteroatoms. The fourth-order valence-corrected chi connectivity index (χ4v) is 2.60. The van der Waals surface area contributed by atoms with Gasteiger partial charge in [-0.15, -0.1) is 35.7 Å². The van der Waals surface area contributed by atoms with E-state index < -0.39 is 0 Å². The molecule has 144 valence electrons. The van der Waals surface area contributed by atoms with Gasteiger partial charge in [-0.25, -0.2) is 4.99 Å². The SMILES string of the molecule is CCNC(=NCc1ccc(SC)cc1)NCCCOCc1ccco1.I. The summed E-state index contributed by atoms with van der Waals surface area (Å²) < 4.78 is 10.8. The van der Waals surface area contributed by atoms with Gasteiger partial charge in [0, 0.05) is 24.6 Å². The van der Waals surface area contributed by atoms with Crippen LogP contribution in [0.3, 0.4) is 0 Å². The molecule has 0 aliphatic heterocycles. The minimum atomic E-state index is 0. The Balaban J connectivity index is 0.00000338. The summed E-state index contributed by atoms with van der Waals surface area (Å²) in [5.41, 5.74) is 1.21. The average molecular weight is 489 g/mol. The molecule has 2 aromatic rings. The lowest BCUT2D eigenvalue weighted by Crippen LogP contribution is -2.38. The number of furan rings is 1. The zero-order chi connectivity index (χ0) is 17.7. The fraction of sp³-hybridized carbons (Fsp3) is 0.421. The van der Waals surface area contributed by atoms with Crippen LogP contribution >= 0.6 is 35.7 Å². The van der Waals surface area contributed by atoms with Gasteiger partial charge in [0.2, 0.25) is 0 Å². The normalized spacial score (nSPS) is 11.1. The summed E-state index contributed by atoms with van der Waals surface area (Å²) in [6.45, 7) is 5.59. The van der Waals surface area contributed by atoms with Crippen molar-refractivity contribution in [1.82, 2.24) is 10.6 Å². The zero-order valence-electron chi connectivity index (χ0n) is 15.4. The standard InChI is InChI=1S/C19H27N3O2S.HI/c1-3-20-19(22-14-16-7-9-18(25-2)10-8-16)21-11-5-12-23-15-17-6-4-13-24-17;/h4,6-10,13H,3,5,11-12,14-15H2,1-2H3,(H2,20,21,22);1H. The van der Waals surface area contributed by atoms with Crippen LogP contribution in [0.15, 0.2) is 57.0 Å². The van der Waals surface area contributed by atoms with Gasteiger partial charge in [0.05, 0.1) is 12.8 Å². The summed E-state index contributed by atoms with van der Waals surface area (Å²) in [5, 5.41) is 6.61. The minimum absolute atomic E-state index is 0. The molecule has 0 atom stereocenters. The summed E-state index contributed by atoms with van der Waals surface area (Å²) in [4.78, 5) is 5.90. The number of guanidine groups is 1. The highest BCUT2D eigenvalue weighted by Crippen LogP contribution is 2.15. The molecule has 0 aliphatic carbocycles. The van der Waals surface area contributed by atoms with Crippen molar-refractivity contribution in [3.8, 4) is 0 Å². The first kappa shape index (κ1) is 22.9. The van der Waals surface area contributed by atoms with Crippen LogP contribution in [0.5, 0.6) is 0 Å². The maximum absolute atomic E-state index is 5.57. The molecule has 1 aromatic heterocycles. The molecule has 1 aromatic carbocycles. The highest BCUT2D eigenvalue weighted by molar-refractivity contribution is 14.0. The smallest absolute Gasteiger partial charge is 0.191 e. The van der Waals surface area contributed by atoms with Crippen molar-refractivity contribution < 1.29 is 9.15 Å². The lowest BCUT2D eigenvalue weighted by atomic mass is 10.2. The van der Waals surface area contributed by atoms with Crippen molar-refractivity contribution in [3.05, 3.63) is 54.0 Å². The number of aliphatic imine (C=N–C) groups is 1. The van der Waals surface area contributed by atoms with E-state index in [-0.39, 0.29) is 24.0 Å². The van der Waals surface area contributed by atoms with Crippen molar-refractivity contribution in [3.63, 3.8) is 0 Å². The number of hydrogen-bond donors (Lipinski definition) is 2. The van der Waals surface area contributed by atoms with Crippen LogP contribution in [0.2, 0.25) is 0 Å². The van der Waals surface area contributed by atoms with Crippen LogP contribution in [0.1, 0.15) is 24.7 Å². The molecule has 0 saturated heterocycles. The van der Waals surface area contributed by atoms with E-state index in [4.69, 9.17) is 9.15 Å². The van der Waals surface area contributed by atoms with E-state index in [1.165, 1.54) is 10.5 Å². The van der Waals surface area contributed by atoms with Crippen molar-refractivity contribution in [2.45, 2.75) is 31.4 Å². The topological polar surface area (TPSA) is 58.8 Å². The zero-order valence-corrected chi connectivity index (χ0v) is 18.5. The molecule has 2 N–H and O–H groups in total. The third kappa shape index (κ3) is 8.95. The molecule has 0 bridgehead atoms. The summed E-state index contributed by atoms with van der Waals surface area (Å²) in [6, 6.07) is 12.3. The van der Waals surface area contributed by atoms with Crippen molar-refractivity contribution in [2.24, 2.45) is 4.99 Å². The quantitative estimate of drug-likeness (QED) is 0.172. The monoisotopic (exact) mass is 489 g/mol. The average Bonchev–Trinajstić information content (AvgIpc) is 3.16. The number of nitrogens with zero attached hydrogens (tertiary/aromatic N) is 1. The second-order valence-corrected chi connectivity index (χ2v) is 6.34. The molecule has 0 aliphatic rings. The molecule has 1 heterocycles. The number of rotatable bonds is 10. The van der Waals surface area contributed by atoms with Crippen LogP contribution in [0.25, 0.3) is 0 Å². The summed E-state index contributed by atoms with van der Waals surface area (Å²) >= 11 is 1.75. The van der Waals surface area contributed by atoms with Gasteiger partial charge in [-0.1, -0.05) is 12.1 Å². The summed E-state index contributed by atoms with van der Waals surface area (Å²) in [7, 11) is 0. The number of nitrogens with one attached hydrogen (secondary N) is 2. The maximum atomic E-state index is 5.57. The van der Waals surface area contributed by atoms with Gasteiger partial charge in [-0.3, -0.25) is 0 Å². The van der Waals surface area contributed by atoms with E-state index in [0.29, 0.717) is 19.8 Å². The Kier molecular flexibility index (Phi) is 12.3. The predicted octanol–water partition coefficient (Wildman–Crippen LogP) is 4.28. The van der Waals surface area contributed by atoms with E-state index in [9.17, 15) is 0 Å².